The maximum atomic E-state index is 14.6. The van der Waals surface area contributed by atoms with E-state index in [1.165, 1.54) is 21.0 Å². The van der Waals surface area contributed by atoms with Gasteiger partial charge in [0.25, 0.3) is 0 Å². The normalized spacial score (nSPS) is 21.5. The molecule has 9 nitrogen and oxygen atoms in total. The Balaban J connectivity index is 1.61. The maximum absolute atomic E-state index is 14.6. The first-order chi connectivity index (χ1) is 18.3. The second-order valence-electron chi connectivity index (χ2n) is 9.94. The van der Waals surface area contributed by atoms with Crippen LogP contribution in [-0.4, -0.2) is 61.0 Å². The predicted molar refractivity (Wildman–Crippen MR) is 144 cm³/mol. The van der Waals surface area contributed by atoms with E-state index in [0.29, 0.717) is 28.5 Å². The number of likely N-dealkylation sites (N-methyl/N-ethyl adjacent to an activating group) is 1. The molecule has 2 aromatic carbocycles. The lowest BCUT2D eigenvalue weighted by molar-refractivity contribution is -0.140. The van der Waals surface area contributed by atoms with Crippen LogP contribution in [-0.2, 0) is 4.79 Å². The Labute approximate surface area is 224 Å². The molecule has 1 unspecified atom stereocenters. The highest BCUT2D eigenvalue weighted by molar-refractivity contribution is 7.19. The molecule has 2 atom stereocenters. The van der Waals surface area contributed by atoms with E-state index in [1.807, 2.05) is 67.6 Å². The third-order valence-corrected chi connectivity index (χ3v) is 8.92. The van der Waals surface area contributed by atoms with Gasteiger partial charge in [-0.15, -0.1) is 4.80 Å². The lowest BCUT2D eigenvalue weighted by Crippen LogP contribution is -2.62. The molecule has 0 radical (unpaired) electrons. The highest BCUT2D eigenvalue weighted by Crippen LogP contribution is 2.52. The molecule has 1 fully saturated rings. The van der Waals surface area contributed by atoms with E-state index in [1.54, 1.807) is 36.2 Å². The van der Waals surface area contributed by atoms with Gasteiger partial charge in [0.05, 0.1) is 18.4 Å². The number of likely N-dealkylation sites (tertiary alicyclic amines) is 1. The first kappa shape index (κ1) is 24.3. The molecule has 0 spiro atoms. The topological polar surface area (TPSA) is 94.8 Å². The third kappa shape index (κ3) is 3.55. The Morgan fingerprint density at radius 2 is 1.55 bits per heavy atom. The molecule has 0 saturated carbocycles. The molecule has 194 valence electrons. The van der Waals surface area contributed by atoms with Crippen LogP contribution >= 0.6 is 11.3 Å². The van der Waals surface area contributed by atoms with E-state index in [-0.39, 0.29) is 5.91 Å². The number of amides is 3. The van der Waals surface area contributed by atoms with E-state index in [4.69, 9.17) is 0 Å². The smallest absolute Gasteiger partial charge is 0.329 e. The average molecular weight is 529 g/mol. The zero-order chi connectivity index (χ0) is 26.6. The van der Waals surface area contributed by atoms with Gasteiger partial charge in [-0.05, 0) is 37.0 Å². The van der Waals surface area contributed by atoms with Crippen molar-refractivity contribution in [2.24, 2.45) is 0 Å². The average Bonchev–Trinajstić information content (AvgIpc) is 3.64. The lowest BCUT2D eigenvalue weighted by Gasteiger charge is -2.48. The largest absolute Gasteiger partial charge is 0.369 e. The minimum Gasteiger partial charge on any atom is -0.369 e. The lowest BCUT2D eigenvalue weighted by atomic mass is 9.92. The molecule has 0 aliphatic carbocycles. The van der Waals surface area contributed by atoms with Crippen molar-refractivity contribution in [2.75, 3.05) is 18.5 Å². The van der Waals surface area contributed by atoms with Gasteiger partial charge < -0.3 is 10.0 Å². The van der Waals surface area contributed by atoms with Crippen LogP contribution in [0.5, 0.6) is 0 Å². The van der Waals surface area contributed by atoms with E-state index in [0.717, 1.165) is 16.7 Å². The van der Waals surface area contributed by atoms with E-state index in [2.05, 4.69) is 10.2 Å². The molecular weight excluding hydrogens is 500 g/mol. The molecular formula is C28H28N6O3S. The Kier molecular flexibility index (Phi) is 5.81. The molecule has 0 bridgehead atoms. The highest BCUT2D eigenvalue weighted by atomic mass is 32.1. The van der Waals surface area contributed by atoms with E-state index >= 15 is 0 Å². The van der Waals surface area contributed by atoms with Crippen LogP contribution < -0.4 is 4.90 Å². The number of anilines is 1. The number of carbonyl (C=O) groups excluding carboxylic acids is 2. The number of urea groups is 1. The summed E-state index contributed by atoms with van der Waals surface area (Å²) in [5.74, 6) is -0.189. The van der Waals surface area contributed by atoms with Gasteiger partial charge in [-0.25, -0.2) is 4.79 Å². The fraction of sp³-hybridized carbons (Fsp3) is 0.286. The summed E-state index contributed by atoms with van der Waals surface area (Å²) in [6.45, 7) is 4.15. The monoisotopic (exact) mass is 528 g/mol. The summed E-state index contributed by atoms with van der Waals surface area (Å²) < 4.78 is 0. The van der Waals surface area contributed by atoms with Crippen LogP contribution in [0.15, 0.2) is 73.1 Å². The van der Waals surface area contributed by atoms with Gasteiger partial charge in [0, 0.05) is 19.2 Å². The zero-order valence-corrected chi connectivity index (χ0v) is 22.2. The number of hydrogen-bond donors (Lipinski definition) is 1. The fourth-order valence-electron chi connectivity index (χ4n) is 5.63. The molecule has 6 rings (SSSR count). The Morgan fingerprint density at radius 3 is 2.08 bits per heavy atom. The molecule has 10 heteroatoms. The van der Waals surface area contributed by atoms with Crippen molar-refractivity contribution < 1.29 is 14.7 Å². The standard InChI is InChI=1S/C28H28N6O3S/c1-18-21-23(35)33(28(2)14-17-31(3)26(28)36)27(37)32(25(21)38-24(18)34-29-15-16-30-34)22(19-10-6-4-7-11-19)20-12-8-5-9-13-20/h4-13,15-16,22-23,35H,14,17H2,1-3H3/t23?,28-/m0/s1. The minimum absolute atomic E-state index is 0.189. The van der Waals surface area contributed by atoms with Crippen molar-refractivity contribution in [3.8, 4) is 5.00 Å². The highest BCUT2D eigenvalue weighted by Gasteiger charge is 2.56. The quantitative estimate of drug-likeness (QED) is 0.417. The number of aliphatic hydroxyl groups is 1. The number of hydrogen-bond acceptors (Lipinski definition) is 6. The summed E-state index contributed by atoms with van der Waals surface area (Å²) in [6.07, 6.45) is 2.30. The molecule has 4 aromatic rings. The van der Waals surface area contributed by atoms with Crippen LogP contribution in [0.25, 0.3) is 5.00 Å². The predicted octanol–water partition coefficient (Wildman–Crippen LogP) is 4.28. The van der Waals surface area contributed by atoms with Crippen molar-refractivity contribution in [2.45, 2.75) is 38.1 Å². The van der Waals surface area contributed by atoms with Crippen molar-refractivity contribution in [3.05, 3.63) is 95.3 Å². The van der Waals surface area contributed by atoms with Crippen molar-refractivity contribution in [3.63, 3.8) is 0 Å². The SMILES string of the molecule is Cc1c(-n2nccn2)sc2c1C(O)N([C@@]1(C)CCN(C)C1=O)C(=O)N2C(c1ccccc1)c1ccccc1. The molecule has 1 N–H and O–H groups in total. The van der Waals surface area contributed by atoms with Crippen LogP contribution in [0.3, 0.4) is 0 Å². The van der Waals surface area contributed by atoms with Gasteiger partial charge in [0.2, 0.25) is 5.91 Å². The number of thiophene rings is 1. The number of carbonyl (C=O) groups is 2. The Bertz CT molecular complexity index is 1450. The summed E-state index contributed by atoms with van der Waals surface area (Å²) in [5, 5.41) is 21.8. The maximum Gasteiger partial charge on any atom is 0.329 e. The summed E-state index contributed by atoms with van der Waals surface area (Å²) >= 11 is 1.36. The number of rotatable bonds is 5. The number of benzene rings is 2. The fourth-order valence-corrected chi connectivity index (χ4v) is 6.90. The Morgan fingerprint density at radius 1 is 0.974 bits per heavy atom. The summed E-state index contributed by atoms with van der Waals surface area (Å²) in [7, 11) is 1.73. The van der Waals surface area contributed by atoms with Crippen molar-refractivity contribution in [1.82, 2.24) is 24.8 Å². The molecule has 2 aromatic heterocycles. The minimum atomic E-state index is -1.30. The van der Waals surface area contributed by atoms with Gasteiger partial charge >= 0.3 is 6.03 Å². The van der Waals surface area contributed by atoms with Gasteiger partial charge in [-0.1, -0.05) is 72.0 Å². The summed E-state index contributed by atoms with van der Waals surface area (Å²) in [5.41, 5.74) is 1.98. The van der Waals surface area contributed by atoms with Crippen molar-refractivity contribution >= 4 is 28.3 Å². The van der Waals surface area contributed by atoms with Gasteiger partial charge in [0.15, 0.2) is 6.23 Å². The molecule has 2 aliphatic heterocycles. The van der Waals surface area contributed by atoms with Crippen LogP contribution in [0.1, 0.15) is 47.9 Å². The summed E-state index contributed by atoms with van der Waals surface area (Å²) in [4.78, 5) is 34.3. The number of fused-ring (bicyclic) bond motifs is 1. The number of nitrogens with zero attached hydrogens (tertiary/aromatic N) is 6. The number of aliphatic hydroxyl groups excluding tert-OH is 1. The third-order valence-electron chi connectivity index (χ3n) is 7.64. The van der Waals surface area contributed by atoms with Gasteiger partial charge in [0.1, 0.15) is 15.5 Å². The molecule has 2 aliphatic rings. The number of aromatic nitrogens is 3. The van der Waals surface area contributed by atoms with Crippen LogP contribution in [0.4, 0.5) is 9.80 Å². The first-order valence-electron chi connectivity index (χ1n) is 12.5. The second-order valence-corrected chi connectivity index (χ2v) is 10.9. The Hall–Kier alpha value is -4.02. The zero-order valence-electron chi connectivity index (χ0n) is 21.4. The summed E-state index contributed by atoms with van der Waals surface area (Å²) in [6, 6.07) is 18.7. The molecule has 38 heavy (non-hydrogen) atoms. The first-order valence-corrected chi connectivity index (χ1v) is 13.3. The van der Waals surface area contributed by atoms with Crippen LogP contribution in [0.2, 0.25) is 0 Å². The molecule has 3 amide bonds. The molecule has 4 heterocycles. The van der Waals surface area contributed by atoms with E-state index < -0.39 is 23.8 Å². The second kappa shape index (κ2) is 9.07. The van der Waals surface area contributed by atoms with Crippen LogP contribution in [0, 0.1) is 6.92 Å². The van der Waals surface area contributed by atoms with E-state index in [9.17, 15) is 14.7 Å². The molecule has 1 saturated heterocycles. The van der Waals surface area contributed by atoms with Gasteiger partial charge in [-0.3, -0.25) is 14.6 Å². The van der Waals surface area contributed by atoms with Crippen molar-refractivity contribution in [1.29, 1.82) is 0 Å². The van der Waals surface area contributed by atoms with Gasteiger partial charge in [-0.2, -0.15) is 10.2 Å².